The number of carbonyl (C=O) groups is 1. The van der Waals surface area contributed by atoms with Gasteiger partial charge in [-0.3, -0.25) is 0 Å². The average Bonchev–Trinajstić information content (AvgIpc) is 2.39. The monoisotopic (exact) mass is 267 g/mol. The van der Waals surface area contributed by atoms with Gasteiger partial charge in [-0.05, 0) is 49.6 Å². The van der Waals surface area contributed by atoms with Gasteiger partial charge in [0.1, 0.15) is 5.82 Å². The Bertz CT molecular complexity index is 375. The summed E-state index contributed by atoms with van der Waals surface area (Å²) in [5.41, 5.74) is 6.11. The molecule has 1 atom stereocenters. The predicted molar refractivity (Wildman–Crippen MR) is 75.5 cm³/mol. The minimum absolute atomic E-state index is 0.273. The number of nitrogens with one attached hydrogen (secondary N) is 2. The molecule has 0 aliphatic carbocycles. The van der Waals surface area contributed by atoms with E-state index in [2.05, 4.69) is 17.6 Å². The summed E-state index contributed by atoms with van der Waals surface area (Å²) in [7, 11) is 0. The van der Waals surface area contributed by atoms with E-state index in [-0.39, 0.29) is 11.8 Å². The highest BCUT2D eigenvalue weighted by Gasteiger charge is 2.09. The topological polar surface area (TPSA) is 67.1 Å². The van der Waals surface area contributed by atoms with Crippen LogP contribution in [0.1, 0.15) is 26.2 Å². The van der Waals surface area contributed by atoms with Gasteiger partial charge in [-0.15, -0.1) is 0 Å². The lowest BCUT2D eigenvalue weighted by Crippen LogP contribution is -2.33. The first kappa shape index (κ1) is 15.4. The molecule has 5 heteroatoms. The van der Waals surface area contributed by atoms with Crippen molar-refractivity contribution in [1.82, 2.24) is 5.32 Å². The standard InChI is InChI=1S/C14H22FN3O/c1-2-3-11(8-9-16)10-17-14(19)18-13-6-4-12(15)5-7-13/h4-7,11H,2-3,8-10,16H2,1H3,(H2,17,18,19). The Hall–Kier alpha value is -1.62. The van der Waals surface area contributed by atoms with E-state index in [0.717, 1.165) is 19.3 Å². The number of anilines is 1. The van der Waals surface area contributed by atoms with E-state index in [0.29, 0.717) is 24.7 Å². The van der Waals surface area contributed by atoms with Crippen LogP contribution in [0, 0.1) is 11.7 Å². The van der Waals surface area contributed by atoms with Crippen LogP contribution in [0.2, 0.25) is 0 Å². The van der Waals surface area contributed by atoms with Crippen molar-refractivity contribution in [2.45, 2.75) is 26.2 Å². The summed E-state index contributed by atoms with van der Waals surface area (Å²) in [6.45, 7) is 3.35. The van der Waals surface area contributed by atoms with Gasteiger partial charge in [0.05, 0.1) is 0 Å². The van der Waals surface area contributed by atoms with Gasteiger partial charge in [-0.25, -0.2) is 9.18 Å². The summed E-state index contributed by atoms with van der Waals surface area (Å²) in [6.07, 6.45) is 3.03. The first-order valence-electron chi connectivity index (χ1n) is 6.66. The number of hydrogen-bond acceptors (Lipinski definition) is 2. The molecule has 0 aliphatic rings. The number of benzene rings is 1. The Morgan fingerprint density at radius 2 is 2.00 bits per heavy atom. The van der Waals surface area contributed by atoms with Crippen LogP contribution in [0.15, 0.2) is 24.3 Å². The SMILES string of the molecule is CCCC(CCN)CNC(=O)Nc1ccc(F)cc1. The molecule has 0 fully saturated rings. The van der Waals surface area contributed by atoms with Crippen LogP contribution < -0.4 is 16.4 Å². The van der Waals surface area contributed by atoms with Crippen molar-refractivity contribution < 1.29 is 9.18 Å². The molecule has 106 valence electrons. The zero-order valence-electron chi connectivity index (χ0n) is 11.3. The van der Waals surface area contributed by atoms with Gasteiger partial charge in [0.2, 0.25) is 0 Å². The fraction of sp³-hybridized carbons (Fsp3) is 0.500. The van der Waals surface area contributed by atoms with Gasteiger partial charge in [-0.1, -0.05) is 13.3 Å². The van der Waals surface area contributed by atoms with Gasteiger partial charge in [-0.2, -0.15) is 0 Å². The van der Waals surface area contributed by atoms with Crippen molar-refractivity contribution in [3.8, 4) is 0 Å². The summed E-state index contributed by atoms with van der Waals surface area (Å²) in [5.74, 6) is 0.0888. The molecule has 1 rings (SSSR count). The van der Waals surface area contributed by atoms with Crippen LogP contribution in [-0.2, 0) is 0 Å². The van der Waals surface area contributed by atoms with Crippen LogP contribution in [-0.4, -0.2) is 19.1 Å². The third-order valence-electron chi connectivity index (χ3n) is 2.93. The van der Waals surface area contributed by atoms with Gasteiger partial charge in [0.25, 0.3) is 0 Å². The largest absolute Gasteiger partial charge is 0.338 e. The molecule has 2 amide bonds. The van der Waals surface area contributed by atoms with Crippen LogP contribution in [0.5, 0.6) is 0 Å². The van der Waals surface area contributed by atoms with E-state index in [9.17, 15) is 9.18 Å². The van der Waals surface area contributed by atoms with E-state index in [1.165, 1.54) is 24.3 Å². The fourth-order valence-corrected chi connectivity index (χ4v) is 1.94. The molecule has 0 spiro atoms. The van der Waals surface area contributed by atoms with Crippen molar-refractivity contribution in [3.05, 3.63) is 30.1 Å². The lowest BCUT2D eigenvalue weighted by molar-refractivity contribution is 0.249. The molecular formula is C14H22FN3O. The normalized spacial score (nSPS) is 11.9. The van der Waals surface area contributed by atoms with Crippen LogP contribution >= 0.6 is 0 Å². The van der Waals surface area contributed by atoms with Gasteiger partial charge in [0.15, 0.2) is 0 Å². The minimum Gasteiger partial charge on any atom is -0.338 e. The first-order valence-corrected chi connectivity index (χ1v) is 6.66. The summed E-state index contributed by atoms with van der Waals surface area (Å²) in [5, 5.41) is 5.48. The molecule has 0 bridgehead atoms. The Labute approximate surface area is 113 Å². The summed E-state index contributed by atoms with van der Waals surface area (Å²) in [4.78, 5) is 11.7. The van der Waals surface area contributed by atoms with Crippen molar-refractivity contribution >= 4 is 11.7 Å². The second-order valence-electron chi connectivity index (χ2n) is 4.57. The number of hydrogen-bond donors (Lipinski definition) is 3. The smallest absolute Gasteiger partial charge is 0.319 e. The Balaban J connectivity index is 2.35. The highest BCUT2D eigenvalue weighted by Crippen LogP contribution is 2.10. The van der Waals surface area contributed by atoms with Crippen LogP contribution in [0.25, 0.3) is 0 Å². The van der Waals surface area contributed by atoms with Gasteiger partial charge in [0, 0.05) is 12.2 Å². The Morgan fingerprint density at radius 1 is 1.32 bits per heavy atom. The summed E-state index contributed by atoms with van der Waals surface area (Å²) >= 11 is 0. The van der Waals surface area contributed by atoms with Crippen molar-refractivity contribution in [3.63, 3.8) is 0 Å². The number of urea groups is 1. The molecule has 1 unspecified atom stereocenters. The fourth-order valence-electron chi connectivity index (χ4n) is 1.94. The average molecular weight is 267 g/mol. The number of amides is 2. The quantitative estimate of drug-likeness (QED) is 0.711. The molecular weight excluding hydrogens is 245 g/mol. The molecule has 1 aromatic rings. The molecule has 0 saturated carbocycles. The van der Waals surface area contributed by atoms with Crippen molar-refractivity contribution in [1.29, 1.82) is 0 Å². The molecule has 0 saturated heterocycles. The number of halogens is 1. The third-order valence-corrected chi connectivity index (χ3v) is 2.93. The summed E-state index contributed by atoms with van der Waals surface area (Å²) in [6, 6.07) is 5.40. The summed E-state index contributed by atoms with van der Waals surface area (Å²) < 4.78 is 12.7. The maximum Gasteiger partial charge on any atom is 0.319 e. The highest BCUT2D eigenvalue weighted by molar-refractivity contribution is 5.89. The number of rotatable bonds is 7. The molecule has 4 nitrogen and oxygen atoms in total. The lowest BCUT2D eigenvalue weighted by Gasteiger charge is -2.16. The van der Waals surface area contributed by atoms with E-state index >= 15 is 0 Å². The molecule has 0 heterocycles. The lowest BCUT2D eigenvalue weighted by atomic mass is 10.00. The Morgan fingerprint density at radius 3 is 2.58 bits per heavy atom. The molecule has 0 aliphatic heterocycles. The molecule has 4 N–H and O–H groups in total. The van der Waals surface area contributed by atoms with E-state index in [1.807, 2.05) is 0 Å². The molecule has 1 aromatic carbocycles. The van der Waals surface area contributed by atoms with Crippen LogP contribution in [0.3, 0.4) is 0 Å². The van der Waals surface area contributed by atoms with E-state index in [1.54, 1.807) is 0 Å². The maximum atomic E-state index is 12.7. The number of carbonyl (C=O) groups excluding carboxylic acids is 1. The molecule has 0 aromatic heterocycles. The zero-order chi connectivity index (χ0) is 14.1. The van der Waals surface area contributed by atoms with E-state index in [4.69, 9.17) is 5.73 Å². The third kappa shape index (κ3) is 6.20. The van der Waals surface area contributed by atoms with E-state index < -0.39 is 0 Å². The second-order valence-corrected chi connectivity index (χ2v) is 4.57. The first-order chi connectivity index (χ1) is 9.15. The van der Waals surface area contributed by atoms with Crippen molar-refractivity contribution in [2.75, 3.05) is 18.4 Å². The van der Waals surface area contributed by atoms with Gasteiger partial charge < -0.3 is 16.4 Å². The van der Waals surface area contributed by atoms with Crippen molar-refractivity contribution in [2.24, 2.45) is 11.7 Å². The van der Waals surface area contributed by atoms with Gasteiger partial charge >= 0.3 is 6.03 Å². The molecule has 19 heavy (non-hydrogen) atoms. The molecule has 0 radical (unpaired) electrons. The highest BCUT2D eigenvalue weighted by atomic mass is 19.1. The predicted octanol–water partition coefficient (Wildman–Crippen LogP) is 2.71. The minimum atomic E-state index is -0.322. The Kier molecular flexibility index (Phi) is 6.89. The maximum absolute atomic E-state index is 12.7. The zero-order valence-corrected chi connectivity index (χ0v) is 11.3. The number of nitrogens with two attached hydrogens (primary N) is 1. The van der Waals surface area contributed by atoms with Crippen LogP contribution in [0.4, 0.5) is 14.9 Å². The second kappa shape index (κ2) is 8.48.